The smallest absolute Gasteiger partial charge is 0.240 e. The zero-order valence-corrected chi connectivity index (χ0v) is 12.1. The van der Waals surface area contributed by atoms with E-state index < -0.39 is 10.0 Å². The maximum atomic E-state index is 11.7. The van der Waals surface area contributed by atoms with Crippen LogP contribution in [-0.2, 0) is 10.0 Å². The lowest BCUT2D eigenvalue weighted by molar-refractivity contribution is 0.584. The molecule has 1 N–H and O–H groups in total. The van der Waals surface area contributed by atoms with E-state index in [9.17, 15) is 8.42 Å². The largest absolute Gasteiger partial charge is 0.240 e. The fraction of sp³-hybridized carbons (Fsp3) is 0.182. The molecule has 0 aliphatic rings. The van der Waals surface area contributed by atoms with Crippen LogP contribution in [0.1, 0.15) is 6.92 Å². The number of rotatable bonds is 4. The maximum Gasteiger partial charge on any atom is 0.240 e. The van der Waals surface area contributed by atoms with Crippen molar-refractivity contribution >= 4 is 26.0 Å². The van der Waals surface area contributed by atoms with Crippen molar-refractivity contribution in [3.8, 4) is 5.69 Å². The minimum absolute atomic E-state index is 0.249. The Hall–Kier alpha value is -1.18. The van der Waals surface area contributed by atoms with Crippen molar-refractivity contribution in [2.75, 3.05) is 6.54 Å². The molecular formula is C11H12BrN3O2S. The third kappa shape index (κ3) is 2.80. The topological polar surface area (TPSA) is 64.0 Å². The SMILES string of the molecule is CCNS(=O)(=O)c1ccc(-n2cc(Br)cn2)cc1. The highest BCUT2D eigenvalue weighted by Crippen LogP contribution is 2.15. The summed E-state index contributed by atoms with van der Waals surface area (Å²) in [5.41, 5.74) is 0.802. The molecule has 0 radical (unpaired) electrons. The summed E-state index contributed by atoms with van der Waals surface area (Å²) in [5, 5.41) is 4.12. The summed E-state index contributed by atoms with van der Waals surface area (Å²) in [4.78, 5) is 0.249. The predicted octanol–water partition coefficient (Wildman–Crippen LogP) is 1.93. The summed E-state index contributed by atoms with van der Waals surface area (Å²) in [5.74, 6) is 0. The molecule has 0 unspecified atom stereocenters. The zero-order valence-electron chi connectivity index (χ0n) is 9.67. The first-order chi connectivity index (χ1) is 8.53. The lowest BCUT2D eigenvalue weighted by atomic mass is 10.3. The first-order valence-corrected chi connectivity index (χ1v) is 7.61. The number of hydrogen-bond donors (Lipinski definition) is 1. The van der Waals surface area contributed by atoms with Crippen molar-refractivity contribution in [3.63, 3.8) is 0 Å². The van der Waals surface area contributed by atoms with Gasteiger partial charge in [0, 0.05) is 12.7 Å². The maximum absolute atomic E-state index is 11.7. The number of hydrogen-bond acceptors (Lipinski definition) is 3. The Morgan fingerprint density at radius 1 is 1.33 bits per heavy atom. The molecule has 0 aliphatic heterocycles. The Bertz CT molecular complexity index is 635. The third-order valence-electron chi connectivity index (χ3n) is 2.30. The molecule has 0 saturated carbocycles. The van der Waals surface area contributed by atoms with Crippen molar-refractivity contribution < 1.29 is 8.42 Å². The molecule has 0 aliphatic carbocycles. The average molecular weight is 330 g/mol. The van der Waals surface area contributed by atoms with Crippen LogP contribution in [0.25, 0.3) is 5.69 Å². The van der Waals surface area contributed by atoms with Crippen LogP contribution in [0.3, 0.4) is 0 Å². The van der Waals surface area contributed by atoms with Crippen molar-refractivity contribution in [1.82, 2.24) is 14.5 Å². The van der Waals surface area contributed by atoms with Gasteiger partial charge in [-0.15, -0.1) is 0 Å². The van der Waals surface area contributed by atoms with E-state index in [1.54, 1.807) is 48.3 Å². The molecule has 1 heterocycles. The van der Waals surface area contributed by atoms with E-state index >= 15 is 0 Å². The molecule has 0 spiro atoms. The number of nitrogens with zero attached hydrogens (tertiary/aromatic N) is 2. The molecule has 0 bridgehead atoms. The summed E-state index contributed by atoms with van der Waals surface area (Å²) in [7, 11) is -3.39. The second-order valence-corrected chi connectivity index (χ2v) is 6.28. The van der Waals surface area contributed by atoms with Gasteiger partial charge in [-0.2, -0.15) is 5.10 Å². The van der Waals surface area contributed by atoms with Crippen LogP contribution >= 0.6 is 15.9 Å². The van der Waals surface area contributed by atoms with Gasteiger partial charge >= 0.3 is 0 Å². The van der Waals surface area contributed by atoms with Crippen molar-refractivity contribution in [2.24, 2.45) is 0 Å². The summed E-state index contributed by atoms with van der Waals surface area (Å²) in [6, 6.07) is 6.54. The summed E-state index contributed by atoms with van der Waals surface area (Å²) in [6.07, 6.45) is 3.47. The Kier molecular flexibility index (Phi) is 3.84. The van der Waals surface area contributed by atoms with Gasteiger partial charge in [-0.1, -0.05) is 6.92 Å². The molecule has 0 saturated heterocycles. The highest BCUT2D eigenvalue weighted by atomic mass is 79.9. The van der Waals surface area contributed by atoms with Crippen LogP contribution in [0, 0.1) is 0 Å². The van der Waals surface area contributed by atoms with Gasteiger partial charge in [-0.05, 0) is 40.2 Å². The molecule has 1 aromatic carbocycles. The molecule has 0 amide bonds. The molecule has 5 nitrogen and oxygen atoms in total. The Labute approximate surface area is 114 Å². The van der Waals surface area contributed by atoms with Gasteiger partial charge < -0.3 is 0 Å². The van der Waals surface area contributed by atoms with Crippen LogP contribution in [0.15, 0.2) is 46.0 Å². The minimum Gasteiger partial charge on any atom is -0.240 e. The molecule has 96 valence electrons. The molecular weight excluding hydrogens is 318 g/mol. The highest BCUT2D eigenvalue weighted by Gasteiger charge is 2.12. The van der Waals surface area contributed by atoms with Crippen LogP contribution in [0.5, 0.6) is 0 Å². The van der Waals surface area contributed by atoms with Gasteiger partial charge in [0.25, 0.3) is 0 Å². The van der Waals surface area contributed by atoms with Gasteiger partial charge in [-0.25, -0.2) is 17.8 Å². The predicted molar refractivity (Wildman–Crippen MR) is 72.1 cm³/mol. The summed E-state index contributed by atoms with van der Waals surface area (Å²) in [6.45, 7) is 2.11. The van der Waals surface area contributed by atoms with E-state index in [4.69, 9.17) is 0 Å². The van der Waals surface area contributed by atoms with E-state index in [-0.39, 0.29) is 4.90 Å². The minimum atomic E-state index is -3.39. The second kappa shape index (κ2) is 5.21. The number of halogens is 1. The zero-order chi connectivity index (χ0) is 13.2. The average Bonchev–Trinajstić information content (AvgIpc) is 2.76. The van der Waals surface area contributed by atoms with Gasteiger partial charge in [0.15, 0.2) is 0 Å². The van der Waals surface area contributed by atoms with Crippen LogP contribution in [-0.4, -0.2) is 24.7 Å². The van der Waals surface area contributed by atoms with Crippen molar-refractivity contribution in [2.45, 2.75) is 11.8 Å². The molecule has 1 aromatic heterocycles. The quantitative estimate of drug-likeness (QED) is 0.932. The third-order valence-corrected chi connectivity index (χ3v) is 4.27. The molecule has 18 heavy (non-hydrogen) atoms. The Balaban J connectivity index is 2.31. The van der Waals surface area contributed by atoms with Gasteiger partial charge in [0.2, 0.25) is 10.0 Å². The van der Waals surface area contributed by atoms with Gasteiger partial charge in [0.1, 0.15) is 0 Å². The second-order valence-electron chi connectivity index (χ2n) is 3.60. The Morgan fingerprint density at radius 2 is 2.00 bits per heavy atom. The normalized spacial score (nSPS) is 11.7. The fourth-order valence-electron chi connectivity index (χ4n) is 1.49. The molecule has 0 fully saturated rings. The molecule has 2 rings (SSSR count). The number of nitrogens with one attached hydrogen (secondary N) is 1. The standard InChI is InChI=1S/C11H12BrN3O2S/c1-2-14-18(16,17)11-5-3-10(4-6-11)15-8-9(12)7-13-15/h3-8,14H,2H2,1H3. The van der Waals surface area contributed by atoms with E-state index in [1.807, 2.05) is 0 Å². The molecule has 0 atom stereocenters. The van der Waals surface area contributed by atoms with E-state index in [2.05, 4.69) is 25.8 Å². The van der Waals surface area contributed by atoms with Crippen LogP contribution < -0.4 is 4.72 Å². The fourth-order valence-corrected chi connectivity index (χ4v) is 2.82. The van der Waals surface area contributed by atoms with Crippen molar-refractivity contribution in [1.29, 1.82) is 0 Å². The van der Waals surface area contributed by atoms with Crippen molar-refractivity contribution in [3.05, 3.63) is 41.1 Å². The molecule has 7 heteroatoms. The molecule has 2 aromatic rings. The summed E-state index contributed by atoms with van der Waals surface area (Å²) < 4.78 is 28.5. The van der Waals surface area contributed by atoms with E-state index in [0.717, 1.165) is 10.2 Å². The summed E-state index contributed by atoms with van der Waals surface area (Å²) >= 11 is 3.31. The van der Waals surface area contributed by atoms with Gasteiger partial charge in [-0.3, -0.25) is 0 Å². The number of sulfonamides is 1. The van der Waals surface area contributed by atoms with E-state index in [0.29, 0.717) is 6.54 Å². The van der Waals surface area contributed by atoms with E-state index in [1.165, 1.54) is 0 Å². The number of aromatic nitrogens is 2. The lowest BCUT2D eigenvalue weighted by Crippen LogP contribution is -2.23. The Morgan fingerprint density at radius 3 is 2.50 bits per heavy atom. The monoisotopic (exact) mass is 329 g/mol. The van der Waals surface area contributed by atoms with Crippen LogP contribution in [0.4, 0.5) is 0 Å². The van der Waals surface area contributed by atoms with Gasteiger partial charge in [0.05, 0.1) is 21.3 Å². The lowest BCUT2D eigenvalue weighted by Gasteiger charge is -2.06. The first-order valence-electron chi connectivity index (χ1n) is 5.33. The number of benzene rings is 1. The highest BCUT2D eigenvalue weighted by molar-refractivity contribution is 9.10. The first kappa shape index (κ1) is 13.3. The van der Waals surface area contributed by atoms with Crippen LogP contribution in [0.2, 0.25) is 0 Å².